The summed E-state index contributed by atoms with van der Waals surface area (Å²) in [7, 11) is 0. The number of nitrogens with one attached hydrogen (secondary N) is 1. The standard InChI is InChI=1S/C20H17F3N4O/c21-14-3-1-13(2-4-14)18-12-19(25-24-18)26-7-9-27(10-8-26)20(28)16-11-15(22)5-6-17(16)23/h1-6,11-12H,7-10H2,(H,24,25). The molecular formula is C20H17F3N4O. The molecule has 0 unspecified atom stereocenters. The monoisotopic (exact) mass is 386 g/mol. The SMILES string of the molecule is O=C(c1cc(F)ccc1F)N1CCN(c2cc(-c3ccc(F)cc3)[nH]n2)CC1. The van der Waals surface area contributed by atoms with Crippen LogP contribution in [-0.4, -0.2) is 47.2 Å². The van der Waals surface area contributed by atoms with Gasteiger partial charge in [0.2, 0.25) is 0 Å². The lowest BCUT2D eigenvalue weighted by molar-refractivity contribution is 0.0741. The van der Waals surface area contributed by atoms with Crippen molar-refractivity contribution in [3.05, 3.63) is 71.5 Å². The van der Waals surface area contributed by atoms with Gasteiger partial charge in [0.1, 0.15) is 17.5 Å². The first-order valence-electron chi connectivity index (χ1n) is 8.82. The maximum atomic E-state index is 13.8. The number of benzene rings is 2. The van der Waals surface area contributed by atoms with Crippen LogP contribution in [0.2, 0.25) is 0 Å². The van der Waals surface area contributed by atoms with Crippen molar-refractivity contribution >= 4 is 11.7 Å². The quantitative estimate of drug-likeness (QED) is 0.750. The normalized spacial score (nSPS) is 14.4. The van der Waals surface area contributed by atoms with Gasteiger partial charge >= 0.3 is 0 Å². The van der Waals surface area contributed by atoms with Gasteiger partial charge in [-0.3, -0.25) is 9.89 Å². The average molecular weight is 386 g/mol. The summed E-state index contributed by atoms with van der Waals surface area (Å²) in [6.45, 7) is 1.76. The van der Waals surface area contributed by atoms with E-state index in [9.17, 15) is 18.0 Å². The Morgan fingerprint density at radius 2 is 1.57 bits per heavy atom. The van der Waals surface area contributed by atoms with Crippen molar-refractivity contribution in [2.45, 2.75) is 0 Å². The number of anilines is 1. The second-order valence-electron chi connectivity index (χ2n) is 6.55. The van der Waals surface area contributed by atoms with Crippen LogP contribution in [0.5, 0.6) is 0 Å². The fourth-order valence-corrected chi connectivity index (χ4v) is 3.22. The van der Waals surface area contributed by atoms with Gasteiger partial charge in [-0.2, -0.15) is 5.10 Å². The summed E-state index contributed by atoms with van der Waals surface area (Å²) in [5.74, 6) is -1.49. The number of carbonyl (C=O) groups is 1. The molecule has 1 aromatic heterocycles. The zero-order valence-corrected chi connectivity index (χ0v) is 14.8. The van der Waals surface area contributed by atoms with Crippen LogP contribution < -0.4 is 4.90 Å². The maximum Gasteiger partial charge on any atom is 0.257 e. The fraction of sp³-hybridized carbons (Fsp3) is 0.200. The van der Waals surface area contributed by atoms with Crippen molar-refractivity contribution in [2.75, 3.05) is 31.1 Å². The highest BCUT2D eigenvalue weighted by Crippen LogP contribution is 2.23. The van der Waals surface area contributed by atoms with Crippen molar-refractivity contribution < 1.29 is 18.0 Å². The van der Waals surface area contributed by atoms with Gasteiger partial charge in [-0.1, -0.05) is 0 Å². The molecule has 1 N–H and O–H groups in total. The van der Waals surface area contributed by atoms with E-state index in [1.54, 1.807) is 12.1 Å². The Hall–Kier alpha value is -3.29. The van der Waals surface area contributed by atoms with Crippen LogP contribution in [0.3, 0.4) is 0 Å². The number of carbonyl (C=O) groups excluding carboxylic acids is 1. The lowest BCUT2D eigenvalue weighted by Crippen LogP contribution is -2.49. The van der Waals surface area contributed by atoms with E-state index in [1.165, 1.54) is 17.0 Å². The van der Waals surface area contributed by atoms with Gasteiger partial charge in [-0.25, -0.2) is 13.2 Å². The number of hydrogen-bond donors (Lipinski definition) is 1. The Kier molecular flexibility index (Phi) is 4.77. The average Bonchev–Trinajstić information content (AvgIpc) is 3.20. The third-order valence-electron chi connectivity index (χ3n) is 4.77. The summed E-state index contributed by atoms with van der Waals surface area (Å²) < 4.78 is 40.2. The second kappa shape index (κ2) is 7.38. The number of rotatable bonds is 3. The van der Waals surface area contributed by atoms with E-state index in [0.717, 1.165) is 29.5 Å². The first-order chi connectivity index (χ1) is 13.5. The van der Waals surface area contributed by atoms with Gasteiger partial charge in [0.25, 0.3) is 5.91 Å². The van der Waals surface area contributed by atoms with Gasteiger partial charge in [-0.15, -0.1) is 0 Å². The van der Waals surface area contributed by atoms with Crippen molar-refractivity contribution in [1.29, 1.82) is 0 Å². The Labute approximate surface area is 159 Å². The molecule has 1 saturated heterocycles. The zero-order valence-electron chi connectivity index (χ0n) is 14.8. The summed E-state index contributed by atoms with van der Waals surface area (Å²) in [4.78, 5) is 16.0. The molecule has 8 heteroatoms. The number of piperazine rings is 1. The molecule has 2 heterocycles. The maximum absolute atomic E-state index is 13.8. The largest absolute Gasteiger partial charge is 0.352 e. The predicted molar refractivity (Wildman–Crippen MR) is 98.5 cm³/mol. The van der Waals surface area contributed by atoms with E-state index in [-0.39, 0.29) is 11.4 Å². The molecule has 0 atom stereocenters. The van der Waals surface area contributed by atoms with Crippen LogP contribution in [0.4, 0.5) is 19.0 Å². The van der Waals surface area contributed by atoms with Gasteiger partial charge in [0.05, 0.1) is 11.3 Å². The van der Waals surface area contributed by atoms with Gasteiger partial charge in [0.15, 0.2) is 5.82 Å². The summed E-state index contributed by atoms with van der Waals surface area (Å²) in [5, 5.41) is 7.21. The topological polar surface area (TPSA) is 52.2 Å². The minimum Gasteiger partial charge on any atom is -0.352 e. The number of hydrogen-bond acceptors (Lipinski definition) is 3. The molecule has 0 aliphatic carbocycles. The number of aromatic nitrogens is 2. The van der Waals surface area contributed by atoms with E-state index < -0.39 is 17.5 Å². The molecule has 1 amide bonds. The van der Waals surface area contributed by atoms with Gasteiger partial charge < -0.3 is 9.80 Å². The summed E-state index contributed by atoms with van der Waals surface area (Å²) >= 11 is 0. The van der Waals surface area contributed by atoms with Crippen LogP contribution in [0.15, 0.2) is 48.5 Å². The molecule has 3 aromatic rings. The lowest BCUT2D eigenvalue weighted by Gasteiger charge is -2.34. The molecule has 1 aliphatic rings. The number of halogens is 3. The van der Waals surface area contributed by atoms with Crippen LogP contribution >= 0.6 is 0 Å². The third-order valence-corrected chi connectivity index (χ3v) is 4.77. The van der Waals surface area contributed by atoms with Gasteiger partial charge in [-0.05, 0) is 48.0 Å². The molecule has 1 aliphatic heterocycles. The molecule has 4 rings (SSSR count). The minimum atomic E-state index is -0.731. The van der Waals surface area contributed by atoms with Crippen molar-refractivity contribution in [3.8, 4) is 11.3 Å². The highest BCUT2D eigenvalue weighted by atomic mass is 19.1. The molecule has 1 fully saturated rings. The Bertz CT molecular complexity index is 995. The molecule has 0 saturated carbocycles. The third kappa shape index (κ3) is 3.58. The molecule has 0 radical (unpaired) electrons. The Morgan fingerprint density at radius 3 is 2.29 bits per heavy atom. The van der Waals surface area contributed by atoms with E-state index in [0.29, 0.717) is 32.0 Å². The van der Waals surface area contributed by atoms with Gasteiger partial charge in [0, 0.05) is 32.2 Å². The summed E-state index contributed by atoms with van der Waals surface area (Å²) in [6, 6.07) is 10.8. The summed E-state index contributed by atoms with van der Waals surface area (Å²) in [6.07, 6.45) is 0. The van der Waals surface area contributed by atoms with Crippen LogP contribution in [0.1, 0.15) is 10.4 Å². The van der Waals surface area contributed by atoms with E-state index in [1.807, 2.05) is 11.0 Å². The smallest absolute Gasteiger partial charge is 0.257 e. The van der Waals surface area contributed by atoms with E-state index in [4.69, 9.17) is 0 Å². The molecular weight excluding hydrogens is 369 g/mol. The highest BCUT2D eigenvalue weighted by molar-refractivity contribution is 5.94. The molecule has 144 valence electrons. The number of aromatic amines is 1. The molecule has 5 nitrogen and oxygen atoms in total. The lowest BCUT2D eigenvalue weighted by atomic mass is 10.1. The predicted octanol–water partition coefficient (Wildman–Crippen LogP) is 3.46. The summed E-state index contributed by atoms with van der Waals surface area (Å²) in [5.41, 5.74) is 1.32. The van der Waals surface area contributed by atoms with Crippen molar-refractivity contribution in [3.63, 3.8) is 0 Å². The molecule has 2 aromatic carbocycles. The molecule has 28 heavy (non-hydrogen) atoms. The van der Waals surface area contributed by atoms with Crippen molar-refractivity contribution in [1.82, 2.24) is 15.1 Å². The second-order valence-corrected chi connectivity index (χ2v) is 6.55. The van der Waals surface area contributed by atoms with E-state index in [2.05, 4.69) is 10.2 Å². The zero-order chi connectivity index (χ0) is 19.7. The molecule has 0 spiro atoms. The number of nitrogens with zero attached hydrogens (tertiary/aromatic N) is 3. The first-order valence-corrected chi connectivity index (χ1v) is 8.82. The van der Waals surface area contributed by atoms with E-state index >= 15 is 0 Å². The van der Waals surface area contributed by atoms with Crippen LogP contribution in [-0.2, 0) is 0 Å². The Morgan fingerprint density at radius 1 is 0.893 bits per heavy atom. The molecule has 0 bridgehead atoms. The van der Waals surface area contributed by atoms with Crippen LogP contribution in [0, 0.1) is 17.5 Å². The first kappa shape index (κ1) is 18.1. The number of H-pyrrole nitrogens is 1. The Balaban J connectivity index is 1.42. The van der Waals surface area contributed by atoms with Crippen LogP contribution in [0.25, 0.3) is 11.3 Å². The fourth-order valence-electron chi connectivity index (χ4n) is 3.22. The minimum absolute atomic E-state index is 0.258. The van der Waals surface area contributed by atoms with Crippen molar-refractivity contribution in [2.24, 2.45) is 0 Å². The number of amides is 1. The highest BCUT2D eigenvalue weighted by Gasteiger charge is 2.25.